The van der Waals surface area contributed by atoms with Crippen LogP contribution in [0.2, 0.25) is 0 Å². The molecule has 0 spiro atoms. The summed E-state index contributed by atoms with van der Waals surface area (Å²) in [7, 11) is 0. The molecule has 1 aliphatic rings. The number of aromatic nitrogens is 1. The first-order valence-corrected chi connectivity index (χ1v) is 6.25. The first-order chi connectivity index (χ1) is 7.68. The molecule has 1 aromatic heterocycles. The molecular formula is C11H13FN2OS. The highest BCUT2D eigenvalue weighted by molar-refractivity contribution is 7.99. The quantitative estimate of drug-likeness (QED) is 0.702. The molecule has 3 nitrogen and oxygen atoms in total. The van der Waals surface area contributed by atoms with Crippen molar-refractivity contribution in [2.75, 3.05) is 18.8 Å². The number of pyridine rings is 1. The lowest BCUT2D eigenvalue weighted by molar-refractivity contribution is 0.0757. The van der Waals surface area contributed by atoms with E-state index in [2.05, 4.69) is 11.9 Å². The van der Waals surface area contributed by atoms with Gasteiger partial charge in [-0.2, -0.15) is 16.2 Å². The summed E-state index contributed by atoms with van der Waals surface area (Å²) in [5.74, 6) is -0.0226. The molecule has 0 aliphatic carbocycles. The summed E-state index contributed by atoms with van der Waals surface area (Å²) >= 11 is 1.84. The van der Waals surface area contributed by atoms with Crippen LogP contribution in [0.15, 0.2) is 18.3 Å². The van der Waals surface area contributed by atoms with Crippen molar-refractivity contribution in [1.29, 1.82) is 0 Å². The van der Waals surface area contributed by atoms with Crippen LogP contribution in [0.25, 0.3) is 0 Å². The second-order valence-corrected chi connectivity index (χ2v) is 5.32. The van der Waals surface area contributed by atoms with Gasteiger partial charge in [0.15, 0.2) is 0 Å². The van der Waals surface area contributed by atoms with E-state index in [-0.39, 0.29) is 11.5 Å². The normalized spacial score (nSPS) is 20.9. The van der Waals surface area contributed by atoms with E-state index in [0.29, 0.717) is 18.3 Å². The molecule has 0 aromatic carbocycles. The number of amides is 1. The molecule has 0 radical (unpaired) electrons. The molecule has 0 N–H and O–H groups in total. The Kier molecular flexibility index (Phi) is 3.43. The van der Waals surface area contributed by atoms with E-state index in [0.717, 1.165) is 5.75 Å². The fraction of sp³-hybridized carbons (Fsp3) is 0.455. The van der Waals surface area contributed by atoms with Crippen LogP contribution in [0.5, 0.6) is 0 Å². The Bertz CT molecular complexity index is 399. The van der Waals surface area contributed by atoms with Crippen molar-refractivity contribution < 1.29 is 9.18 Å². The van der Waals surface area contributed by atoms with Gasteiger partial charge in [-0.1, -0.05) is 6.92 Å². The molecule has 86 valence electrons. The van der Waals surface area contributed by atoms with Gasteiger partial charge in [0, 0.05) is 30.3 Å². The summed E-state index contributed by atoms with van der Waals surface area (Å²) < 4.78 is 13.3. The number of nitrogens with zero attached hydrogens (tertiary/aromatic N) is 2. The Morgan fingerprint density at radius 1 is 1.69 bits per heavy atom. The van der Waals surface area contributed by atoms with Gasteiger partial charge in [-0.05, 0) is 12.1 Å². The van der Waals surface area contributed by atoms with E-state index in [9.17, 15) is 9.18 Å². The maximum absolute atomic E-state index is 13.3. The second-order valence-electron chi connectivity index (χ2n) is 3.77. The topological polar surface area (TPSA) is 33.2 Å². The summed E-state index contributed by atoms with van der Waals surface area (Å²) in [6, 6.07) is 3.07. The van der Waals surface area contributed by atoms with Gasteiger partial charge in [0.2, 0.25) is 5.95 Å². The van der Waals surface area contributed by atoms with E-state index in [1.807, 2.05) is 11.8 Å². The molecule has 0 saturated carbocycles. The smallest absolute Gasteiger partial charge is 0.258 e. The molecule has 16 heavy (non-hydrogen) atoms. The molecule has 5 heteroatoms. The van der Waals surface area contributed by atoms with Crippen molar-refractivity contribution in [2.24, 2.45) is 0 Å². The molecule has 1 aliphatic heterocycles. The molecule has 1 amide bonds. The summed E-state index contributed by atoms with van der Waals surface area (Å²) in [6.07, 6.45) is 1.35. The average molecular weight is 240 g/mol. The van der Waals surface area contributed by atoms with Crippen LogP contribution in [0, 0.1) is 5.95 Å². The Hall–Kier alpha value is -1.10. The Morgan fingerprint density at radius 2 is 2.50 bits per heavy atom. The largest absolute Gasteiger partial charge is 0.337 e. The zero-order valence-corrected chi connectivity index (χ0v) is 9.84. The van der Waals surface area contributed by atoms with Crippen molar-refractivity contribution >= 4 is 17.7 Å². The second kappa shape index (κ2) is 4.82. The predicted octanol–water partition coefficient (Wildman–Crippen LogP) is 1.80. The lowest BCUT2D eigenvalue weighted by Crippen LogP contribution is -2.41. The van der Waals surface area contributed by atoms with Gasteiger partial charge in [0.25, 0.3) is 5.91 Å². The highest BCUT2D eigenvalue weighted by Gasteiger charge is 2.24. The van der Waals surface area contributed by atoms with Crippen LogP contribution in [0.4, 0.5) is 4.39 Å². The Morgan fingerprint density at radius 3 is 3.19 bits per heavy atom. The summed E-state index contributed by atoms with van der Waals surface area (Å²) in [5.41, 5.74) is 0.0709. The van der Waals surface area contributed by atoms with Crippen molar-refractivity contribution in [3.8, 4) is 0 Å². The standard InChI is InChI=1S/C11H13FN2OS/c1-8-7-14(5-6-16-8)11(15)9-3-2-4-13-10(9)12/h2-4,8H,5-7H2,1H3. The minimum absolute atomic E-state index is 0.0709. The zero-order valence-electron chi connectivity index (χ0n) is 9.02. The van der Waals surface area contributed by atoms with Crippen molar-refractivity contribution in [3.63, 3.8) is 0 Å². The number of halogens is 1. The van der Waals surface area contributed by atoms with Crippen LogP contribution in [0.1, 0.15) is 17.3 Å². The average Bonchev–Trinajstić information content (AvgIpc) is 2.29. The number of hydrogen-bond donors (Lipinski definition) is 0. The highest BCUT2D eigenvalue weighted by Crippen LogP contribution is 2.19. The molecule has 2 rings (SSSR count). The van der Waals surface area contributed by atoms with Gasteiger partial charge in [-0.15, -0.1) is 0 Å². The minimum Gasteiger partial charge on any atom is -0.337 e. The zero-order chi connectivity index (χ0) is 11.5. The molecule has 1 unspecified atom stereocenters. The van der Waals surface area contributed by atoms with Crippen LogP contribution in [0.3, 0.4) is 0 Å². The monoisotopic (exact) mass is 240 g/mol. The third kappa shape index (κ3) is 2.35. The lowest BCUT2D eigenvalue weighted by Gasteiger charge is -2.30. The van der Waals surface area contributed by atoms with E-state index in [1.165, 1.54) is 12.3 Å². The molecule has 0 bridgehead atoms. The van der Waals surface area contributed by atoms with E-state index >= 15 is 0 Å². The van der Waals surface area contributed by atoms with Crippen LogP contribution >= 0.6 is 11.8 Å². The maximum atomic E-state index is 13.3. The van der Waals surface area contributed by atoms with Gasteiger partial charge in [-0.25, -0.2) is 4.98 Å². The molecule has 2 heterocycles. The van der Waals surface area contributed by atoms with Crippen molar-refractivity contribution in [1.82, 2.24) is 9.88 Å². The molecule has 1 fully saturated rings. The first-order valence-electron chi connectivity index (χ1n) is 5.20. The van der Waals surface area contributed by atoms with Crippen LogP contribution in [-0.2, 0) is 0 Å². The first kappa shape index (κ1) is 11.4. The van der Waals surface area contributed by atoms with Gasteiger partial charge in [0.05, 0.1) is 5.56 Å². The SMILES string of the molecule is CC1CN(C(=O)c2cccnc2F)CCS1. The van der Waals surface area contributed by atoms with Gasteiger partial charge < -0.3 is 4.90 Å². The van der Waals surface area contributed by atoms with Gasteiger partial charge in [-0.3, -0.25) is 4.79 Å². The third-order valence-electron chi connectivity index (χ3n) is 2.52. The molecular weight excluding hydrogens is 227 g/mol. The van der Waals surface area contributed by atoms with Gasteiger partial charge in [0.1, 0.15) is 0 Å². The van der Waals surface area contributed by atoms with E-state index in [4.69, 9.17) is 0 Å². The fourth-order valence-corrected chi connectivity index (χ4v) is 2.73. The highest BCUT2D eigenvalue weighted by atomic mass is 32.2. The number of carbonyl (C=O) groups is 1. The number of thioether (sulfide) groups is 1. The van der Waals surface area contributed by atoms with Crippen molar-refractivity contribution in [2.45, 2.75) is 12.2 Å². The van der Waals surface area contributed by atoms with E-state index in [1.54, 1.807) is 11.0 Å². The number of carbonyl (C=O) groups excluding carboxylic acids is 1. The predicted molar refractivity (Wildman–Crippen MR) is 62.0 cm³/mol. The van der Waals surface area contributed by atoms with Crippen molar-refractivity contribution in [3.05, 3.63) is 29.8 Å². The summed E-state index contributed by atoms with van der Waals surface area (Å²) in [6.45, 7) is 3.43. The van der Waals surface area contributed by atoms with Crippen LogP contribution in [-0.4, -0.2) is 39.9 Å². The Labute approximate surface area is 98.0 Å². The number of rotatable bonds is 1. The van der Waals surface area contributed by atoms with Crippen LogP contribution < -0.4 is 0 Å². The Balaban J connectivity index is 2.16. The minimum atomic E-state index is -0.682. The molecule has 1 saturated heterocycles. The third-order valence-corrected chi connectivity index (χ3v) is 3.65. The molecule has 1 atom stereocenters. The summed E-state index contributed by atoms with van der Waals surface area (Å²) in [5, 5.41) is 0.414. The fourth-order valence-electron chi connectivity index (χ4n) is 1.72. The molecule has 1 aromatic rings. The summed E-state index contributed by atoms with van der Waals surface area (Å²) in [4.78, 5) is 17.2. The van der Waals surface area contributed by atoms with E-state index < -0.39 is 5.95 Å². The number of hydrogen-bond acceptors (Lipinski definition) is 3. The maximum Gasteiger partial charge on any atom is 0.258 e. The lowest BCUT2D eigenvalue weighted by atomic mass is 10.2. The van der Waals surface area contributed by atoms with Gasteiger partial charge >= 0.3 is 0 Å².